The van der Waals surface area contributed by atoms with Gasteiger partial charge in [0.1, 0.15) is 5.75 Å². The first-order chi connectivity index (χ1) is 7.10. The molecule has 0 radical (unpaired) electrons. The van der Waals surface area contributed by atoms with Crippen molar-refractivity contribution >= 4 is 28.0 Å². The molecule has 3 nitrogen and oxygen atoms in total. The quantitative estimate of drug-likeness (QED) is 0.624. The summed E-state index contributed by atoms with van der Waals surface area (Å²) in [5, 5.41) is 0. The maximum atomic E-state index is 11.3. The molecular formula is C11H11BrO3. The second-order valence-corrected chi connectivity index (χ2v) is 3.83. The summed E-state index contributed by atoms with van der Waals surface area (Å²) in [7, 11) is 0. The Morgan fingerprint density at radius 2 is 2.20 bits per heavy atom. The first kappa shape index (κ1) is 11.9. The summed E-state index contributed by atoms with van der Waals surface area (Å²) in [6.45, 7) is 3.79. The Bertz CT molecular complexity index is 399. The van der Waals surface area contributed by atoms with Crippen LogP contribution in [0.5, 0.6) is 5.75 Å². The van der Waals surface area contributed by atoms with Gasteiger partial charge in [-0.1, -0.05) is 0 Å². The predicted octanol–water partition coefficient (Wildman–Crippen LogP) is 2.86. The summed E-state index contributed by atoms with van der Waals surface area (Å²) in [5.74, 6) is 0.429. The molecule has 0 aliphatic rings. The van der Waals surface area contributed by atoms with Crippen LogP contribution in [0.25, 0.3) is 0 Å². The van der Waals surface area contributed by atoms with Crippen molar-refractivity contribution < 1.29 is 14.3 Å². The first-order valence-electron chi connectivity index (χ1n) is 4.52. The van der Waals surface area contributed by atoms with Gasteiger partial charge in [0.2, 0.25) is 0 Å². The Balaban J connectivity index is 3.29. The minimum absolute atomic E-state index is 0.148. The maximum absolute atomic E-state index is 11.3. The van der Waals surface area contributed by atoms with E-state index in [1.807, 2.05) is 6.92 Å². The third-order valence-corrected chi connectivity index (χ3v) is 2.53. The second kappa shape index (κ2) is 5.07. The molecule has 0 aromatic heterocycles. The number of benzene rings is 1. The number of ketones is 1. The first-order valence-corrected chi connectivity index (χ1v) is 5.32. The molecule has 0 saturated heterocycles. The van der Waals surface area contributed by atoms with Crippen molar-refractivity contribution in [2.75, 3.05) is 6.61 Å². The van der Waals surface area contributed by atoms with Crippen LogP contribution in [0, 0.1) is 0 Å². The SMILES string of the molecule is CCOc1cc(C(C)=O)c(C=O)cc1Br. The highest BCUT2D eigenvalue weighted by Crippen LogP contribution is 2.28. The van der Waals surface area contributed by atoms with E-state index >= 15 is 0 Å². The molecule has 0 fully saturated rings. The van der Waals surface area contributed by atoms with Crippen LogP contribution in [0.2, 0.25) is 0 Å². The Morgan fingerprint density at radius 3 is 2.67 bits per heavy atom. The van der Waals surface area contributed by atoms with Crippen LogP contribution in [0.1, 0.15) is 34.6 Å². The van der Waals surface area contributed by atoms with E-state index in [1.54, 1.807) is 12.1 Å². The fraction of sp³-hybridized carbons (Fsp3) is 0.273. The molecule has 1 aromatic rings. The molecule has 0 aliphatic heterocycles. The lowest BCUT2D eigenvalue weighted by Gasteiger charge is -2.09. The van der Waals surface area contributed by atoms with Crippen molar-refractivity contribution in [2.45, 2.75) is 13.8 Å². The maximum Gasteiger partial charge on any atom is 0.160 e. The van der Waals surface area contributed by atoms with Crippen molar-refractivity contribution in [1.29, 1.82) is 0 Å². The van der Waals surface area contributed by atoms with Crippen molar-refractivity contribution in [1.82, 2.24) is 0 Å². The van der Waals surface area contributed by atoms with E-state index in [0.717, 1.165) is 0 Å². The topological polar surface area (TPSA) is 43.4 Å². The lowest BCUT2D eigenvalue weighted by Crippen LogP contribution is -2.01. The molecule has 1 rings (SSSR count). The zero-order chi connectivity index (χ0) is 11.4. The number of rotatable bonds is 4. The Morgan fingerprint density at radius 1 is 1.53 bits per heavy atom. The molecule has 0 amide bonds. The normalized spacial score (nSPS) is 9.80. The summed E-state index contributed by atoms with van der Waals surface area (Å²) in [6.07, 6.45) is 0.664. The third kappa shape index (κ3) is 2.65. The average Bonchev–Trinajstić information content (AvgIpc) is 2.20. The Hall–Kier alpha value is -1.16. The number of hydrogen-bond donors (Lipinski definition) is 0. The Kier molecular flexibility index (Phi) is 4.03. The predicted molar refractivity (Wildman–Crippen MR) is 60.7 cm³/mol. The van der Waals surface area contributed by atoms with Gasteiger partial charge in [0.25, 0.3) is 0 Å². The molecule has 4 heteroatoms. The van der Waals surface area contributed by atoms with Crippen LogP contribution in [-0.2, 0) is 0 Å². The average molecular weight is 271 g/mol. The van der Waals surface area contributed by atoms with Gasteiger partial charge in [-0.05, 0) is 41.9 Å². The Labute approximate surface area is 96.6 Å². The summed E-state index contributed by atoms with van der Waals surface area (Å²) in [4.78, 5) is 22.0. The summed E-state index contributed by atoms with van der Waals surface area (Å²) >= 11 is 3.28. The molecule has 1 aromatic carbocycles. The molecule has 0 unspecified atom stereocenters. The third-order valence-electron chi connectivity index (χ3n) is 1.91. The zero-order valence-corrected chi connectivity index (χ0v) is 10.1. The number of aldehydes is 1. The van der Waals surface area contributed by atoms with E-state index in [9.17, 15) is 9.59 Å². The van der Waals surface area contributed by atoms with Crippen LogP contribution in [0.3, 0.4) is 0 Å². The fourth-order valence-electron chi connectivity index (χ4n) is 1.24. The monoisotopic (exact) mass is 270 g/mol. The van der Waals surface area contributed by atoms with E-state index < -0.39 is 0 Å². The molecule has 0 heterocycles. The van der Waals surface area contributed by atoms with Crippen LogP contribution in [0.15, 0.2) is 16.6 Å². The molecule has 0 atom stereocenters. The number of carbonyl (C=O) groups excluding carboxylic acids is 2. The standard InChI is InChI=1S/C11H11BrO3/c1-3-15-11-5-9(7(2)14)8(6-13)4-10(11)12/h4-6H,3H2,1-2H3. The zero-order valence-electron chi connectivity index (χ0n) is 8.54. The lowest BCUT2D eigenvalue weighted by atomic mass is 10.1. The van der Waals surface area contributed by atoms with Crippen molar-refractivity contribution in [3.05, 3.63) is 27.7 Å². The van der Waals surface area contributed by atoms with Gasteiger partial charge in [-0.15, -0.1) is 0 Å². The van der Waals surface area contributed by atoms with Gasteiger partial charge < -0.3 is 4.74 Å². The highest BCUT2D eigenvalue weighted by Gasteiger charge is 2.11. The van der Waals surface area contributed by atoms with Crippen molar-refractivity contribution in [2.24, 2.45) is 0 Å². The molecule has 15 heavy (non-hydrogen) atoms. The fourth-order valence-corrected chi connectivity index (χ4v) is 1.71. The number of Topliss-reactive ketones (excluding diaryl/α,β-unsaturated/α-hetero) is 1. The molecular weight excluding hydrogens is 260 g/mol. The highest BCUT2D eigenvalue weighted by atomic mass is 79.9. The minimum Gasteiger partial charge on any atom is -0.493 e. The number of halogens is 1. The van der Waals surface area contributed by atoms with E-state index in [-0.39, 0.29) is 5.78 Å². The van der Waals surface area contributed by atoms with E-state index in [0.29, 0.717) is 34.2 Å². The van der Waals surface area contributed by atoms with Crippen molar-refractivity contribution in [3.8, 4) is 5.75 Å². The van der Waals surface area contributed by atoms with Gasteiger partial charge in [0.05, 0.1) is 11.1 Å². The van der Waals surface area contributed by atoms with E-state index in [4.69, 9.17) is 4.74 Å². The minimum atomic E-state index is -0.148. The van der Waals surface area contributed by atoms with Crippen LogP contribution in [-0.4, -0.2) is 18.7 Å². The largest absolute Gasteiger partial charge is 0.493 e. The van der Waals surface area contributed by atoms with Crippen LogP contribution >= 0.6 is 15.9 Å². The van der Waals surface area contributed by atoms with Gasteiger partial charge in [-0.25, -0.2) is 0 Å². The smallest absolute Gasteiger partial charge is 0.160 e. The van der Waals surface area contributed by atoms with Gasteiger partial charge in [-0.3, -0.25) is 9.59 Å². The van der Waals surface area contributed by atoms with E-state index in [1.165, 1.54) is 6.92 Å². The lowest BCUT2D eigenvalue weighted by molar-refractivity contribution is 0.100. The van der Waals surface area contributed by atoms with E-state index in [2.05, 4.69) is 15.9 Å². The summed E-state index contributed by atoms with van der Waals surface area (Å²) in [6, 6.07) is 3.17. The van der Waals surface area contributed by atoms with Gasteiger partial charge in [0.15, 0.2) is 12.1 Å². The van der Waals surface area contributed by atoms with Crippen LogP contribution < -0.4 is 4.74 Å². The number of carbonyl (C=O) groups is 2. The van der Waals surface area contributed by atoms with Crippen LogP contribution in [0.4, 0.5) is 0 Å². The van der Waals surface area contributed by atoms with Gasteiger partial charge in [0, 0.05) is 11.1 Å². The van der Waals surface area contributed by atoms with Gasteiger partial charge >= 0.3 is 0 Å². The van der Waals surface area contributed by atoms with Gasteiger partial charge in [-0.2, -0.15) is 0 Å². The highest BCUT2D eigenvalue weighted by molar-refractivity contribution is 9.10. The molecule has 0 N–H and O–H groups in total. The molecule has 0 spiro atoms. The molecule has 0 bridgehead atoms. The number of hydrogen-bond acceptors (Lipinski definition) is 3. The van der Waals surface area contributed by atoms with Crippen molar-refractivity contribution in [3.63, 3.8) is 0 Å². The summed E-state index contributed by atoms with van der Waals surface area (Å²) in [5.41, 5.74) is 0.759. The molecule has 0 aliphatic carbocycles. The second-order valence-electron chi connectivity index (χ2n) is 2.98. The summed E-state index contributed by atoms with van der Waals surface area (Å²) < 4.78 is 5.99. The number of ether oxygens (including phenoxy) is 1. The molecule has 0 saturated carbocycles. The molecule has 80 valence electrons.